The molecule has 0 radical (unpaired) electrons. The number of halogens is 1. The SMILES string of the molecule is O=C(COc1ccc(/C=C2\SC(=O)NC2=O)c2ccccc12)NCc1ccc(Cl)cc1. The van der Waals surface area contributed by atoms with Gasteiger partial charge in [-0.25, -0.2) is 0 Å². The van der Waals surface area contributed by atoms with Gasteiger partial charge in [-0.15, -0.1) is 0 Å². The number of rotatable bonds is 6. The summed E-state index contributed by atoms with van der Waals surface area (Å²) < 4.78 is 5.76. The predicted octanol–water partition coefficient (Wildman–Crippen LogP) is 4.51. The van der Waals surface area contributed by atoms with Crippen LogP contribution in [0, 0.1) is 0 Å². The maximum absolute atomic E-state index is 12.2. The maximum atomic E-state index is 12.2. The van der Waals surface area contributed by atoms with Crippen molar-refractivity contribution in [3.63, 3.8) is 0 Å². The Balaban J connectivity index is 1.47. The molecule has 0 bridgehead atoms. The van der Waals surface area contributed by atoms with Gasteiger partial charge in [0.2, 0.25) is 0 Å². The van der Waals surface area contributed by atoms with Gasteiger partial charge < -0.3 is 10.1 Å². The topological polar surface area (TPSA) is 84.5 Å². The van der Waals surface area contributed by atoms with E-state index in [9.17, 15) is 14.4 Å². The van der Waals surface area contributed by atoms with Crippen molar-refractivity contribution in [3.8, 4) is 5.75 Å². The van der Waals surface area contributed by atoms with Crippen LogP contribution in [0.25, 0.3) is 16.8 Å². The molecule has 0 saturated carbocycles. The highest BCUT2D eigenvalue weighted by Gasteiger charge is 2.25. The van der Waals surface area contributed by atoms with E-state index in [1.54, 1.807) is 30.3 Å². The third-order valence-electron chi connectivity index (χ3n) is 4.61. The number of ether oxygens (including phenoxy) is 1. The molecule has 3 aromatic rings. The normalized spacial score (nSPS) is 14.7. The molecular formula is C23H17ClN2O4S. The molecule has 6 nitrogen and oxygen atoms in total. The second kappa shape index (κ2) is 9.24. The van der Waals surface area contributed by atoms with Crippen LogP contribution in [0.5, 0.6) is 5.75 Å². The Labute approximate surface area is 187 Å². The maximum Gasteiger partial charge on any atom is 0.290 e. The van der Waals surface area contributed by atoms with Gasteiger partial charge >= 0.3 is 0 Å². The summed E-state index contributed by atoms with van der Waals surface area (Å²) >= 11 is 6.73. The largest absolute Gasteiger partial charge is 0.483 e. The number of hydrogen-bond acceptors (Lipinski definition) is 5. The molecule has 156 valence electrons. The smallest absolute Gasteiger partial charge is 0.290 e. The molecule has 1 aliphatic rings. The van der Waals surface area contributed by atoms with E-state index in [4.69, 9.17) is 16.3 Å². The molecule has 0 spiro atoms. The van der Waals surface area contributed by atoms with Crippen LogP contribution >= 0.6 is 23.4 Å². The zero-order valence-electron chi connectivity index (χ0n) is 16.2. The molecule has 2 N–H and O–H groups in total. The first kappa shape index (κ1) is 21.0. The van der Waals surface area contributed by atoms with Crippen LogP contribution in [0.3, 0.4) is 0 Å². The van der Waals surface area contributed by atoms with E-state index in [2.05, 4.69) is 10.6 Å². The van der Waals surface area contributed by atoms with E-state index < -0.39 is 5.91 Å². The van der Waals surface area contributed by atoms with Crippen LogP contribution in [0.15, 0.2) is 65.6 Å². The fourth-order valence-corrected chi connectivity index (χ4v) is 3.91. The van der Waals surface area contributed by atoms with Crippen molar-refractivity contribution < 1.29 is 19.1 Å². The zero-order chi connectivity index (χ0) is 21.8. The average molecular weight is 453 g/mol. The highest BCUT2D eigenvalue weighted by molar-refractivity contribution is 8.18. The molecule has 8 heteroatoms. The van der Waals surface area contributed by atoms with Crippen molar-refractivity contribution in [2.45, 2.75) is 6.54 Å². The number of nitrogens with one attached hydrogen (secondary N) is 2. The van der Waals surface area contributed by atoms with E-state index in [-0.39, 0.29) is 17.8 Å². The summed E-state index contributed by atoms with van der Waals surface area (Å²) in [7, 11) is 0. The number of carbonyl (C=O) groups is 3. The lowest BCUT2D eigenvalue weighted by atomic mass is 10.0. The molecule has 3 aromatic carbocycles. The third-order valence-corrected chi connectivity index (χ3v) is 5.67. The molecule has 1 fully saturated rings. The van der Waals surface area contributed by atoms with E-state index in [1.165, 1.54) is 0 Å². The summed E-state index contributed by atoms with van der Waals surface area (Å²) in [4.78, 5) is 35.8. The molecule has 1 heterocycles. The van der Waals surface area contributed by atoms with Crippen molar-refractivity contribution in [1.29, 1.82) is 0 Å². The number of thioether (sulfide) groups is 1. The van der Waals surface area contributed by atoms with Gasteiger partial charge in [0.1, 0.15) is 5.75 Å². The van der Waals surface area contributed by atoms with Crippen molar-refractivity contribution >= 4 is 57.3 Å². The van der Waals surface area contributed by atoms with Gasteiger partial charge in [0.15, 0.2) is 6.61 Å². The first-order valence-electron chi connectivity index (χ1n) is 9.40. The number of carbonyl (C=O) groups excluding carboxylic acids is 3. The quantitative estimate of drug-likeness (QED) is 0.537. The first-order chi connectivity index (χ1) is 15.0. The molecule has 0 aliphatic carbocycles. The molecular weight excluding hydrogens is 436 g/mol. The highest BCUT2D eigenvalue weighted by Crippen LogP contribution is 2.32. The Morgan fingerprint density at radius 3 is 2.48 bits per heavy atom. The highest BCUT2D eigenvalue weighted by atomic mass is 35.5. The van der Waals surface area contributed by atoms with Gasteiger partial charge in [-0.2, -0.15) is 0 Å². The van der Waals surface area contributed by atoms with Crippen molar-refractivity contribution in [2.75, 3.05) is 6.61 Å². The summed E-state index contributed by atoms with van der Waals surface area (Å²) in [5.74, 6) is -0.0986. The third kappa shape index (κ3) is 5.07. The van der Waals surface area contributed by atoms with Gasteiger partial charge in [-0.05, 0) is 52.6 Å². The summed E-state index contributed by atoms with van der Waals surface area (Å²) in [6.07, 6.45) is 1.68. The standard InChI is InChI=1S/C23H17ClN2O4S/c24-16-8-5-14(6-9-16)12-25-21(27)13-30-19-10-7-15(17-3-1-2-4-18(17)19)11-20-22(28)26-23(29)31-20/h1-11H,12-13H2,(H,25,27)(H,26,28,29)/b20-11-. The molecule has 0 aromatic heterocycles. The number of amides is 3. The lowest BCUT2D eigenvalue weighted by molar-refractivity contribution is -0.123. The Kier molecular flexibility index (Phi) is 6.25. The molecule has 0 unspecified atom stereocenters. The van der Waals surface area contributed by atoms with Crippen LogP contribution < -0.4 is 15.4 Å². The van der Waals surface area contributed by atoms with Gasteiger partial charge in [0.25, 0.3) is 17.1 Å². The van der Waals surface area contributed by atoms with E-state index in [0.29, 0.717) is 22.2 Å². The summed E-state index contributed by atoms with van der Waals surface area (Å²) in [6, 6.07) is 18.3. The van der Waals surface area contributed by atoms with Crippen molar-refractivity contribution in [3.05, 3.63) is 81.7 Å². The number of benzene rings is 3. The fraction of sp³-hybridized carbons (Fsp3) is 0.0870. The van der Waals surface area contributed by atoms with E-state index >= 15 is 0 Å². The van der Waals surface area contributed by atoms with Crippen molar-refractivity contribution in [2.24, 2.45) is 0 Å². The Bertz CT molecular complexity index is 1210. The molecule has 4 rings (SSSR count). The van der Waals surface area contributed by atoms with E-state index in [0.717, 1.165) is 33.7 Å². The summed E-state index contributed by atoms with van der Waals surface area (Å²) in [6.45, 7) is 0.246. The molecule has 31 heavy (non-hydrogen) atoms. The number of imide groups is 1. The van der Waals surface area contributed by atoms with Crippen molar-refractivity contribution in [1.82, 2.24) is 10.6 Å². The fourth-order valence-electron chi connectivity index (χ4n) is 3.11. The van der Waals surface area contributed by atoms with Gasteiger partial charge in [0, 0.05) is 17.0 Å². The lowest BCUT2D eigenvalue weighted by Crippen LogP contribution is -2.28. The minimum Gasteiger partial charge on any atom is -0.483 e. The lowest BCUT2D eigenvalue weighted by Gasteiger charge is -2.12. The molecule has 0 atom stereocenters. The minimum absolute atomic E-state index is 0.134. The molecule has 1 aliphatic heterocycles. The predicted molar refractivity (Wildman–Crippen MR) is 122 cm³/mol. The van der Waals surface area contributed by atoms with Gasteiger partial charge in [-0.1, -0.05) is 54.1 Å². The average Bonchev–Trinajstić information content (AvgIpc) is 3.09. The Morgan fingerprint density at radius 2 is 1.77 bits per heavy atom. The van der Waals surface area contributed by atoms with Crippen LogP contribution in [-0.4, -0.2) is 23.7 Å². The van der Waals surface area contributed by atoms with Crippen LogP contribution in [-0.2, 0) is 16.1 Å². The molecule has 1 saturated heterocycles. The number of fused-ring (bicyclic) bond motifs is 1. The first-order valence-corrected chi connectivity index (χ1v) is 10.6. The second-order valence-corrected chi connectivity index (χ2v) is 8.19. The van der Waals surface area contributed by atoms with Crippen LogP contribution in [0.2, 0.25) is 5.02 Å². The van der Waals surface area contributed by atoms with Crippen LogP contribution in [0.4, 0.5) is 4.79 Å². The zero-order valence-corrected chi connectivity index (χ0v) is 17.8. The van der Waals surface area contributed by atoms with E-state index in [1.807, 2.05) is 36.4 Å². The Hall–Kier alpha value is -3.29. The second-order valence-electron chi connectivity index (χ2n) is 6.74. The minimum atomic E-state index is -0.406. The molecule has 3 amide bonds. The monoisotopic (exact) mass is 452 g/mol. The van der Waals surface area contributed by atoms with Gasteiger partial charge in [-0.3, -0.25) is 19.7 Å². The Morgan fingerprint density at radius 1 is 1.03 bits per heavy atom. The number of hydrogen-bond donors (Lipinski definition) is 2. The summed E-state index contributed by atoms with van der Waals surface area (Å²) in [5.41, 5.74) is 1.72. The van der Waals surface area contributed by atoms with Gasteiger partial charge in [0.05, 0.1) is 4.91 Å². The summed E-state index contributed by atoms with van der Waals surface area (Å²) in [5, 5.41) is 6.97. The van der Waals surface area contributed by atoms with Crippen LogP contribution in [0.1, 0.15) is 11.1 Å².